The predicted molar refractivity (Wildman–Crippen MR) is 121 cm³/mol. The van der Waals surface area contributed by atoms with Crippen LogP contribution in [0.15, 0.2) is 42.5 Å². The van der Waals surface area contributed by atoms with Gasteiger partial charge in [0, 0.05) is 16.0 Å². The minimum atomic E-state index is 0.559. The van der Waals surface area contributed by atoms with Gasteiger partial charge in [0.1, 0.15) is 5.75 Å². The van der Waals surface area contributed by atoms with E-state index in [9.17, 15) is 0 Å². The molecular weight excluding hydrogens is 368 g/mol. The molecule has 0 amide bonds. The van der Waals surface area contributed by atoms with Crippen LogP contribution in [-0.2, 0) is 6.42 Å². The van der Waals surface area contributed by atoms with E-state index in [0.717, 1.165) is 51.6 Å². The molecule has 0 unspecified atom stereocenters. The molecule has 0 bridgehead atoms. The molecule has 0 saturated heterocycles. The van der Waals surface area contributed by atoms with E-state index in [1.807, 2.05) is 69.3 Å². The zero-order valence-electron chi connectivity index (χ0n) is 17.3. The monoisotopic (exact) mass is 398 g/mol. The molecule has 0 aliphatic heterocycles. The van der Waals surface area contributed by atoms with Crippen LogP contribution in [0.4, 0.5) is 0 Å². The molecular formula is C24H30O3S. The third-order valence-corrected chi connectivity index (χ3v) is 4.55. The van der Waals surface area contributed by atoms with Crippen molar-refractivity contribution >= 4 is 23.2 Å². The average molecular weight is 399 g/mol. The van der Waals surface area contributed by atoms with E-state index < -0.39 is 0 Å². The van der Waals surface area contributed by atoms with Crippen molar-refractivity contribution in [2.75, 3.05) is 19.8 Å². The van der Waals surface area contributed by atoms with Crippen LogP contribution in [0.1, 0.15) is 50.8 Å². The summed E-state index contributed by atoms with van der Waals surface area (Å²) in [4.78, 5) is 0.775. The topological polar surface area (TPSA) is 27.7 Å². The van der Waals surface area contributed by atoms with Gasteiger partial charge in [-0.25, -0.2) is 0 Å². The van der Waals surface area contributed by atoms with Crippen LogP contribution in [0.5, 0.6) is 17.2 Å². The van der Waals surface area contributed by atoms with Gasteiger partial charge in [-0.2, -0.15) is 0 Å². The standard InChI is InChI=1S/C24H30O3S/c1-5-12-20-21(25-6-2)17-19(23(26-7-3)24(20)27-8-4)15-16-22(28)18-13-10-9-11-14-18/h9-11,13-17H,5-8,12H2,1-4H3. The second-order valence-electron chi connectivity index (χ2n) is 6.21. The Morgan fingerprint density at radius 3 is 2.14 bits per heavy atom. The Morgan fingerprint density at radius 2 is 1.54 bits per heavy atom. The lowest BCUT2D eigenvalue weighted by Crippen LogP contribution is -2.07. The highest BCUT2D eigenvalue weighted by Crippen LogP contribution is 2.42. The van der Waals surface area contributed by atoms with Crippen LogP contribution in [0, 0.1) is 0 Å². The number of benzene rings is 2. The summed E-state index contributed by atoms with van der Waals surface area (Å²) < 4.78 is 18.0. The number of ether oxygens (including phenoxy) is 3. The molecule has 0 fully saturated rings. The van der Waals surface area contributed by atoms with Gasteiger partial charge < -0.3 is 14.2 Å². The molecule has 4 heteroatoms. The number of thiocarbonyl (C=S) groups is 1. The summed E-state index contributed by atoms with van der Waals surface area (Å²) in [5.74, 6) is 2.38. The van der Waals surface area contributed by atoms with E-state index in [-0.39, 0.29) is 0 Å². The molecule has 2 aromatic rings. The molecule has 0 aromatic heterocycles. The molecule has 0 N–H and O–H groups in total. The summed E-state index contributed by atoms with van der Waals surface area (Å²) in [5.41, 5.74) is 2.99. The maximum atomic E-state index is 6.02. The van der Waals surface area contributed by atoms with Crippen LogP contribution < -0.4 is 14.2 Å². The van der Waals surface area contributed by atoms with Gasteiger partial charge in [-0.3, -0.25) is 0 Å². The first-order chi connectivity index (χ1) is 13.7. The average Bonchev–Trinajstić information content (AvgIpc) is 2.71. The third kappa shape index (κ3) is 5.59. The number of allylic oxidation sites excluding steroid dienone is 1. The van der Waals surface area contributed by atoms with Crippen molar-refractivity contribution in [2.45, 2.75) is 40.5 Å². The maximum Gasteiger partial charge on any atom is 0.168 e. The van der Waals surface area contributed by atoms with E-state index in [1.165, 1.54) is 0 Å². The Hall–Kier alpha value is -2.33. The zero-order chi connectivity index (χ0) is 20.4. The van der Waals surface area contributed by atoms with Crippen molar-refractivity contribution in [3.05, 3.63) is 59.2 Å². The van der Waals surface area contributed by atoms with Gasteiger partial charge in [-0.05, 0) is 51.0 Å². The van der Waals surface area contributed by atoms with Gasteiger partial charge in [0.15, 0.2) is 11.5 Å². The molecule has 0 saturated carbocycles. The molecule has 0 atom stereocenters. The van der Waals surface area contributed by atoms with Gasteiger partial charge in [0.25, 0.3) is 0 Å². The highest BCUT2D eigenvalue weighted by Gasteiger charge is 2.20. The van der Waals surface area contributed by atoms with Crippen LogP contribution in [-0.4, -0.2) is 24.7 Å². The summed E-state index contributed by atoms with van der Waals surface area (Å²) in [6, 6.07) is 12.0. The van der Waals surface area contributed by atoms with Crippen LogP contribution in [0.25, 0.3) is 6.08 Å². The van der Waals surface area contributed by atoms with Crippen LogP contribution >= 0.6 is 12.2 Å². The lowest BCUT2D eigenvalue weighted by atomic mass is 10.0. The Bertz CT molecular complexity index is 797. The lowest BCUT2D eigenvalue weighted by molar-refractivity contribution is 0.278. The number of hydrogen-bond acceptors (Lipinski definition) is 4. The van der Waals surface area contributed by atoms with E-state index in [4.69, 9.17) is 26.4 Å². The SMILES string of the molecule is CCCc1c(OCC)cc(C=CC(=S)c2ccccc2)c(OCC)c1OCC. The summed E-state index contributed by atoms with van der Waals surface area (Å²) in [6.45, 7) is 9.83. The molecule has 2 rings (SSSR count). The van der Waals surface area contributed by atoms with Gasteiger partial charge >= 0.3 is 0 Å². The summed E-state index contributed by atoms with van der Waals surface area (Å²) >= 11 is 5.57. The molecule has 28 heavy (non-hydrogen) atoms. The normalized spacial score (nSPS) is 10.9. The van der Waals surface area contributed by atoms with E-state index in [0.29, 0.717) is 19.8 Å². The predicted octanol–water partition coefficient (Wildman–Crippen LogP) is 6.27. The molecule has 0 heterocycles. The maximum absolute atomic E-state index is 6.02. The van der Waals surface area contributed by atoms with Gasteiger partial charge in [-0.15, -0.1) is 0 Å². The quantitative estimate of drug-likeness (QED) is 0.253. The van der Waals surface area contributed by atoms with E-state index in [2.05, 4.69) is 6.92 Å². The van der Waals surface area contributed by atoms with Crippen molar-refractivity contribution in [2.24, 2.45) is 0 Å². The Kier molecular flexibility index (Phi) is 9.02. The van der Waals surface area contributed by atoms with Crippen LogP contribution in [0.2, 0.25) is 0 Å². The molecule has 0 spiro atoms. The summed E-state index contributed by atoms with van der Waals surface area (Å²) in [7, 11) is 0. The number of hydrogen-bond donors (Lipinski definition) is 0. The fourth-order valence-corrected chi connectivity index (χ4v) is 3.23. The lowest BCUT2D eigenvalue weighted by Gasteiger charge is -2.20. The fraction of sp³-hybridized carbons (Fsp3) is 0.375. The fourth-order valence-electron chi connectivity index (χ4n) is 3.02. The summed E-state index contributed by atoms with van der Waals surface area (Å²) in [5, 5.41) is 0. The van der Waals surface area contributed by atoms with E-state index >= 15 is 0 Å². The smallest absolute Gasteiger partial charge is 0.168 e. The zero-order valence-corrected chi connectivity index (χ0v) is 18.1. The molecule has 0 aliphatic rings. The molecule has 2 aromatic carbocycles. The highest BCUT2D eigenvalue weighted by atomic mass is 32.1. The number of rotatable bonds is 11. The Balaban J connectivity index is 2.54. The van der Waals surface area contributed by atoms with Crippen molar-refractivity contribution in [3.8, 4) is 17.2 Å². The molecule has 3 nitrogen and oxygen atoms in total. The van der Waals surface area contributed by atoms with Crippen molar-refractivity contribution in [1.29, 1.82) is 0 Å². The third-order valence-electron chi connectivity index (χ3n) is 4.18. The van der Waals surface area contributed by atoms with Crippen molar-refractivity contribution < 1.29 is 14.2 Å². The Labute approximate surface area is 174 Å². The molecule has 150 valence electrons. The minimum absolute atomic E-state index is 0.559. The first-order valence-corrected chi connectivity index (χ1v) is 10.4. The summed E-state index contributed by atoms with van der Waals surface area (Å²) in [6.07, 6.45) is 5.80. The molecule has 0 aliphatic carbocycles. The van der Waals surface area contributed by atoms with Gasteiger partial charge in [0.2, 0.25) is 0 Å². The van der Waals surface area contributed by atoms with Gasteiger partial charge in [-0.1, -0.05) is 55.9 Å². The first-order valence-electron chi connectivity index (χ1n) is 10.0. The first kappa shape index (κ1) is 22.0. The second-order valence-corrected chi connectivity index (χ2v) is 6.65. The van der Waals surface area contributed by atoms with Gasteiger partial charge in [0.05, 0.1) is 19.8 Å². The second kappa shape index (κ2) is 11.5. The van der Waals surface area contributed by atoms with Crippen molar-refractivity contribution in [3.63, 3.8) is 0 Å². The van der Waals surface area contributed by atoms with Crippen LogP contribution in [0.3, 0.4) is 0 Å². The molecule has 0 radical (unpaired) electrons. The largest absolute Gasteiger partial charge is 0.493 e. The van der Waals surface area contributed by atoms with Crippen molar-refractivity contribution in [1.82, 2.24) is 0 Å². The Morgan fingerprint density at radius 1 is 0.893 bits per heavy atom. The minimum Gasteiger partial charge on any atom is -0.493 e. The van der Waals surface area contributed by atoms with E-state index in [1.54, 1.807) is 0 Å². The highest BCUT2D eigenvalue weighted by molar-refractivity contribution is 7.81.